The summed E-state index contributed by atoms with van der Waals surface area (Å²) in [4.78, 5) is 0. The van der Waals surface area contributed by atoms with Gasteiger partial charge in [0.2, 0.25) is 0 Å². The maximum Gasteiger partial charge on any atom is 0.390 e. The van der Waals surface area contributed by atoms with E-state index in [1.807, 2.05) is 0 Å². The number of phenolic OH excluding ortho intramolecular Hbond substituents is 1. The Morgan fingerprint density at radius 3 is 2.06 bits per heavy atom. The number of alkyl halides is 3. The highest BCUT2D eigenvalue weighted by Crippen LogP contribution is 2.36. The maximum atomic E-state index is 12.1. The average molecular weight is 274 g/mol. The van der Waals surface area contributed by atoms with E-state index in [0.29, 0.717) is 0 Å². The fraction of sp³-hybridized carbons (Fsp3) is 0.333. The van der Waals surface area contributed by atoms with Gasteiger partial charge in [0, 0.05) is 6.04 Å². The van der Waals surface area contributed by atoms with Gasteiger partial charge in [0.25, 0.3) is 0 Å². The van der Waals surface area contributed by atoms with Crippen molar-refractivity contribution >= 4 is 23.2 Å². The first-order valence-corrected chi connectivity index (χ1v) is 4.96. The molecule has 90 valence electrons. The minimum absolute atomic E-state index is 0.125. The lowest BCUT2D eigenvalue weighted by Crippen LogP contribution is -2.20. The first-order chi connectivity index (χ1) is 7.20. The number of hydrogen-bond acceptors (Lipinski definition) is 2. The molecule has 7 heteroatoms. The Morgan fingerprint density at radius 1 is 1.25 bits per heavy atom. The zero-order valence-electron chi connectivity index (χ0n) is 7.85. The van der Waals surface area contributed by atoms with Crippen molar-refractivity contribution in [3.8, 4) is 5.75 Å². The molecule has 0 spiro atoms. The number of benzene rings is 1. The normalized spacial score (nSPS) is 13.9. The summed E-state index contributed by atoms with van der Waals surface area (Å²) in [7, 11) is 0. The van der Waals surface area contributed by atoms with E-state index in [1.54, 1.807) is 0 Å². The van der Waals surface area contributed by atoms with Crippen LogP contribution in [0, 0.1) is 0 Å². The van der Waals surface area contributed by atoms with E-state index in [2.05, 4.69) is 0 Å². The Balaban J connectivity index is 2.97. The van der Waals surface area contributed by atoms with Crippen molar-refractivity contribution in [3.05, 3.63) is 27.7 Å². The predicted octanol–water partition coefficient (Wildman–Crippen LogP) is 3.65. The first kappa shape index (κ1) is 13.4. The lowest BCUT2D eigenvalue weighted by atomic mass is 10.0. The van der Waals surface area contributed by atoms with Gasteiger partial charge in [-0.1, -0.05) is 23.2 Å². The molecule has 0 aliphatic carbocycles. The Kier molecular flexibility index (Phi) is 3.93. The van der Waals surface area contributed by atoms with Crippen LogP contribution in [-0.2, 0) is 0 Å². The van der Waals surface area contributed by atoms with Crippen LogP contribution in [0.4, 0.5) is 13.2 Å². The van der Waals surface area contributed by atoms with Crippen LogP contribution in [-0.4, -0.2) is 11.3 Å². The molecule has 0 amide bonds. The van der Waals surface area contributed by atoms with Crippen molar-refractivity contribution < 1.29 is 18.3 Å². The number of rotatable bonds is 2. The summed E-state index contributed by atoms with van der Waals surface area (Å²) >= 11 is 11.1. The van der Waals surface area contributed by atoms with Gasteiger partial charge in [-0.05, 0) is 17.7 Å². The van der Waals surface area contributed by atoms with Gasteiger partial charge in [0.05, 0.1) is 16.5 Å². The van der Waals surface area contributed by atoms with E-state index in [9.17, 15) is 18.3 Å². The van der Waals surface area contributed by atoms with Crippen LogP contribution < -0.4 is 5.73 Å². The summed E-state index contributed by atoms with van der Waals surface area (Å²) in [5.74, 6) is -0.369. The van der Waals surface area contributed by atoms with Crippen molar-refractivity contribution in [2.75, 3.05) is 0 Å². The highest BCUT2D eigenvalue weighted by molar-refractivity contribution is 6.37. The maximum absolute atomic E-state index is 12.1. The fourth-order valence-corrected chi connectivity index (χ4v) is 1.67. The zero-order valence-corrected chi connectivity index (χ0v) is 9.37. The van der Waals surface area contributed by atoms with E-state index in [4.69, 9.17) is 28.9 Å². The van der Waals surface area contributed by atoms with Crippen LogP contribution in [0.3, 0.4) is 0 Å². The summed E-state index contributed by atoms with van der Waals surface area (Å²) in [6.07, 6.45) is -5.54. The van der Waals surface area contributed by atoms with E-state index in [-0.39, 0.29) is 21.4 Å². The molecule has 1 rings (SSSR count). The van der Waals surface area contributed by atoms with Crippen LogP contribution in [0.1, 0.15) is 18.0 Å². The van der Waals surface area contributed by atoms with Gasteiger partial charge in [-0.2, -0.15) is 13.2 Å². The summed E-state index contributed by atoms with van der Waals surface area (Å²) in [5.41, 5.74) is 5.48. The SMILES string of the molecule is N[C@@H](CC(F)(F)F)c1cc(Cl)c(O)c(Cl)c1. The van der Waals surface area contributed by atoms with Crippen LogP contribution in [0.15, 0.2) is 12.1 Å². The quantitative estimate of drug-likeness (QED) is 0.864. The molecule has 0 unspecified atom stereocenters. The molecule has 0 saturated heterocycles. The molecule has 1 aromatic rings. The topological polar surface area (TPSA) is 46.2 Å². The van der Waals surface area contributed by atoms with Crippen molar-refractivity contribution in [2.45, 2.75) is 18.6 Å². The monoisotopic (exact) mass is 273 g/mol. The second kappa shape index (κ2) is 4.69. The third kappa shape index (κ3) is 3.43. The van der Waals surface area contributed by atoms with Crippen molar-refractivity contribution in [3.63, 3.8) is 0 Å². The van der Waals surface area contributed by atoms with E-state index in [1.165, 1.54) is 12.1 Å². The third-order valence-electron chi connectivity index (χ3n) is 1.92. The van der Waals surface area contributed by atoms with Crippen molar-refractivity contribution in [1.82, 2.24) is 0 Å². The van der Waals surface area contributed by atoms with Gasteiger partial charge in [-0.15, -0.1) is 0 Å². The predicted molar refractivity (Wildman–Crippen MR) is 55.7 cm³/mol. The molecule has 0 saturated carbocycles. The summed E-state index contributed by atoms with van der Waals surface area (Å²) in [6, 6.07) is 1.08. The van der Waals surface area contributed by atoms with Gasteiger partial charge in [-0.25, -0.2) is 0 Å². The Morgan fingerprint density at radius 2 is 1.69 bits per heavy atom. The van der Waals surface area contributed by atoms with Crippen LogP contribution >= 0.6 is 23.2 Å². The molecular weight excluding hydrogens is 266 g/mol. The summed E-state index contributed by atoms with van der Waals surface area (Å²) in [6.45, 7) is 0. The molecule has 2 nitrogen and oxygen atoms in total. The molecule has 1 aromatic carbocycles. The first-order valence-electron chi connectivity index (χ1n) is 4.21. The molecule has 0 bridgehead atoms. The van der Waals surface area contributed by atoms with Gasteiger partial charge in [0.1, 0.15) is 0 Å². The Hall–Kier alpha value is -0.650. The minimum Gasteiger partial charge on any atom is -0.505 e. The minimum atomic E-state index is -4.36. The molecule has 1 atom stereocenters. The van der Waals surface area contributed by atoms with Crippen molar-refractivity contribution in [2.24, 2.45) is 5.73 Å². The van der Waals surface area contributed by atoms with E-state index in [0.717, 1.165) is 0 Å². The van der Waals surface area contributed by atoms with Gasteiger partial charge >= 0.3 is 6.18 Å². The van der Waals surface area contributed by atoms with Crippen LogP contribution in [0.25, 0.3) is 0 Å². The van der Waals surface area contributed by atoms with Gasteiger partial charge < -0.3 is 10.8 Å². The third-order valence-corrected chi connectivity index (χ3v) is 2.49. The molecule has 0 aliphatic rings. The number of phenols is 1. The molecule has 16 heavy (non-hydrogen) atoms. The fourth-order valence-electron chi connectivity index (χ4n) is 1.17. The lowest BCUT2D eigenvalue weighted by Gasteiger charge is -2.15. The summed E-state index contributed by atoms with van der Waals surface area (Å²) in [5, 5.41) is 8.97. The molecule has 3 N–H and O–H groups in total. The lowest BCUT2D eigenvalue weighted by molar-refractivity contribution is -0.138. The number of aromatic hydroxyl groups is 1. The summed E-state index contributed by atoms with van der Waals surface area (Å²) < 4.78 is 36.2. The molecule has 0 heterocycles. The van der Waals surface area contributed by atoms with Crippen LogP contribution in [0.5, 0.6) is 5.75 Å². The van der Waals surface area contributed by atoms with E-state index < -0.39 is 18.6 Å². The standard InChI is InChI=1S/C9H8Cl2F3NO/c10-5-1-4(2-6(11)8(5)16)7(15)3-9(12,13)14/h1-2,7,16H,3,15H2/t7-/m0/s1. The average Bonchev–Trinajstić information content (AvgIpc) is 2.10. The second-order valence-electron chi connectivity index (χ2n) is 3.26. The molecule has 0 fully saturated rings. The second-order valence-corrected chi connectivity index (χ2v) is 4.07. The zero-order chi connectivity index (χ0) is 12.5. The molecule has 0 radical (unpaired) electrons. The van der Waals surface area contributed by atoms with Crippen molar-refractivity contribution in [1.29, 1.82) is 0 Å². The largest absolute Gasteiger partial charge is 0.505 e. The van der Waals surface area contributed by atoms with Gasteiger partial charge in [0.15, 0.2) is 5.75 Å². The van der Waals surface area contributed by atoms with E-state index >= 15 is 0 Å². The highest BCUT2D eigenvalue weighted by atomic mass is 35.5. The van der Waals surface area contributed by atoms with Crippen LogP contribution in [0.2, 0.25) is 10.0 Å². The number of hydrogen-bond donors (Lipinski definition) is 2. The smallest absolute Gasteiger partial charge is 0.390 e. The Labute approximate surface area is 99.8 Å². The number of nitrogens with two attached hydrogens (primary N) is 1. The molecule has 0 aromatic heterocycles. The highest BCUT2D eigenvalue weighted by Gasteiger charge is 2.31. The van der Waals surface area contributed by atoms with Gasteiger partial charge in [-0.3, -0.25) is 0 Å². The molecule has 0 aliphatic heterocycles. The molecular formula is C9H8Cl2F3NO. The number of halogens is 5. The Bertz CT molecular complexity index is 372.